The van der Waals surface area contributed by atoms with E-state index in [1.807, 2.05) is 6.07 Å². The van der Waals surface area contributed by atoms with Crippen molar-refractivity contribution in [1.29, 1.82) is 0 Å². The highest BCUT2D eigenvalue weighted by atomic mass is 79.9. The molecule has 0 spiro atoms. The van der Waals surface area contributed by atoms with Gasteiger partial charge in [0.25, 0.3) is 5.91 Å². The van der Waals surface area contributed by atoms with Gasteiger partial charge in [0.15, 0.2) is 0 Å². The predicted octanol–water partition coefficient (Wildman–Crippen LogP) is 2.75. The number of rotatable bonds is 2. The van der Waals surface area contributed by atoms with E-state index in [1.165, 1.54) is 11.3 Å². The van der Waals surface area contributed by atoms with Crippen LogP contribution in [-0.2, 0) is 0 Å². The van der Waals surface area contributed by atoms with E-state index in [4.69, 9.17) is 0 Å². The third-order valence-corrected chi connectivity index (χ3v) is 5.02. The first kappa shape index (κ1) is 12.5. The summed E-state index contributed by atoms with van der Waals surface area (Å²) in [4.78, 5) is 12.1. The van der Waals surface area contributed by atoms with Crippen LogP contribution in [0.25, 0.3) is 0 Å². The zero-order valence-electron chi connectivity index (χ0n) is 8.77. The second kappa shape index (κ2) is 4.76. The Hall–Kier alpha value is 0.0900. The smallest absolute Gasteiger partial charge is 0.253 e. The summed E-state index contributed by atoms with van der Waals surface area (Å²) in [5, 5.41) is 6.34. The summed E-state index contributed by atoms with van der Waals surface area (Å²) < 4.78 is 1.82. The van der Waals surface area contributed by atoms with Crippen LogP contribution in [-0.4, -0.2) is 24.5 Å². The van der Waals surface area contributed by atoms with Gasteiger partial charge in [0.05, 0.1) is 18.7 Å². The topological polar surface area (TPSA) is 41.1 Å². The zero-order valence-corrected chi connectivity index (χ0v) is 12.8. The zero-order chi connectivity index (χ0) is 11.8. The molecule has 1 amide bonds. The van der Waals surface area contributed by atoms with Crippen LogP contribution < -0.4 is 10.6 Å². The maximum Gasteiger partial charge on any atom is 0.253 e. The third kappa shape index (κ3) is 2.67. The molecule has 0 bridgehead atoms. The van der Waals surface area contributed by atoms with Crippen molar-refractivity contribution in [3.63, 3.8) is 0 Å². The molecule has 1 aliphatic rings. The van der Waals surface area contributed by atoms with Gasteiger partial charge in [-0.15, -0.1) is 11.3 Å². The number of hydrogen-bond donors (Lipinski definition) is 2. The molecule has 2 rings (SSSR count). The summed E-state index contributed by atoms with van der Waals surface area (Å²) in [5.74, 6) is -0.0139. The Balaban J connectivity index is 2.11. The van der Waals surface area contributed by atoms with Crippen LogP contribution in [0, 0.1) is 0 Å². The fourth-order valence-corrected chi connectivity index (χ4v) is 4.55. The lowest BCUT2D eigenvalue weighted by Crippen LogP contribution is -2.47. The maximum absolute atomic E-state index is 12.1. The van der Waals surface area contributed by atoms with Gasteiger partial charge in [-0.1, -0.05) is 0 Å². The molecule has 3 nitrogen and oxygen atoms in total. The summed E-state index contributed by atoms with van der Waals surface area (Å²) in [5.41, 5.74) is 0.579. The average Bonchev–Trinajstić information content (AvgIpc) is 2.73. The Labute approximate surface area is 115 Å². The summed E-state index contributed by atoms with van der Waals surface area (Å²) in [6, 6.07) is 1.84. The Morgan fingerprint density at radius 2 is 2.38 bits per heavy atom. The monoisotopic (exact) mass is 366 g/mol. The highest BCUT2D eigenvalue weighted by Gasteiger charge is 2.31. The van der Waals surface area contributed by atoms with Crippen LogP contribution in [0.1, 0.15) is 23.7 Å². The van der Waals surface area contributed by atoms with Gasteiger partial charge in [-0.25, -0.2) is 0 Å². The summed E-state index contributed by atoms with van der Waals surface area (Å²) in [6.07, 6.45) is 0.974. The average molecular weight is 368 g/mol. The van der Waals surface area contributed by atoms with Crippen LogP contribution in [0.15, 0.2) is 13.6 Å². The standard InChI is InChI=1S/C10H12Br2N2OS/c1-10(2-3-13-5-10)14-9(15)6-4-7(11)16-8(6)12/h4,13H,2-3,5H2,1H3,(H,14,15). The minimum absolute atomic E-state index is 0.0139. The van der Waals surface area contributed by atoms with Gasteiger partial charge in [0, 0.05) is 6.54 Å². The molecule has 0 aliphatic carbocycles. The Morgan fingerprint density at radius 1 is 1.62 bits per heavy atom. The Morgan fingerprint density at radius 3 is 2.88 bits per heavy atom. The normalized spacial score (nSPS) is 24.7. The molecule has 0 saturated carbocycles. The highest BCUT2D eigenvalue weighted by Crippen LogP contribution is 2.32. The van der Waals surface area contributed by atoms with Gasteiger partial charge in [0.1, 0.15) is 0 Å². The van der Waals surface area contributed by atoms with E-state index in [1.54, 1.807) is 0 Å². The largest absolute Gasteiger partial charge is 0.345 e. The van der Waals surface area contributed by atoms with Crippen molar-refractivity contribution in [2.24, 2.45) is 0 Å². The molecule has 1 aromatic rings. The molecule has 6 heteroatoms. The first-order valence-electron chi connectivity index (χ1n) is 4.98. The maximum atomic E-state index is 12.1. The second-order valence-electron chi connectivity index (χ2n) is 4.18. The number of carbonyl (C=O) groups is 1. The molecule has 2 heterocycles. The van der Waals surface area contributed by atoms with Crippen LogP contribution in [0.4, 0.5) is 0 Å². The van der Waals surface area contributed by atoms with E-state index in [9.17, 15) is 4.79 Å². The van der Waals surface area contributed by atoms with Gasteiger partial charge in [0.2, 0.25) is 0 Å². The van der Waals surface area contributed by atoms with Crippen LogP contribution >= 0.6 is 43.2 Å². The Kier molecular flexibility index (Phi) is 3.73. The number of amides is 1. The first-order valence-corrected chi connectivity index (χ1v) is 7.38. The van der Waals surface area contributed by atoms with E-state index in [2.05, 4.69) is 49.4 Å². The Bertz CT molecular complexity index is 413. The molecule has 88 valence electrons. The number of thiophene rings is 1. The van der Waals surface area contributed by atoms with Crippen LogP contribution in [0.5, 0.6) is 0 Å². The van der Waals surface area contributed by atoms with Crippen molar-refractivity contribution >= 4 is 49.1 Å². The first-order chi connectivity index (χ1) is 7.50. The molecule has 0 aromatic carbocycles. The molecular formula is C10H12Br2N2OS. The minimum atomic E-state index is -0.120. The fraction of sp³-hybridized carbons (Fsp3) is 0.500. The lowest BCUT2D eigenvalue weighted by molar-refractivity contribution is 0.0913. The number of nitrogens with one attached hydrogen (secondary N) is 2. The second-order valence-corrected chi connectivity index (χ2v) is 7.93. The van der Waals surface area contributed by atoms with Crippen molar-refractivity contribution in [3.05, 3.63) is 19.2 Å². The molecule has 1 fully saturated rings. The van der Waals surface area contributed by atoms with Crippen molar-refractivity contribution in [1.82, 2.24) is 10.6 Å². The van der Waals surface area contributed by atoms with Crippen molar-refractivity contribution in [2.45, 2.75) is 18.9 Å². The van der Waals surface area contributed by atoms with Gasteiger partial charge in [-0.2, -0.15) is 0 Å². The van der Waals surface area contributed by atoms with Crippen LogP contribution in [0.2, 0.25) is 0 Å². The molecule has 1 atom stereocenters. The lowest BCUT2D eigenvalue weighted by Gasteiger charge is -2.24. The molecule has 1 unspecified atom stereocenters. The fourth-order valence-electron chi connectivity index (χ4n) is 1.76. The molecule has 1 aliphatic heterocycles. The van der Waals surface area contributed by atoms with E-state index in [-0.39, 0.29) is 11.4 Å². The predicted molar refractivity (Wildman–Crippen MR) is 73.1 cm³/mol. The molecule has 0 radical (unpaired) electrons. The molecule has 2 N–H and O–H groups in total. The summed E-state index contributed by atoms with van der Waals surface area (Å²) in [6.45, 7) is 3.87. The number of carbonyl (C=O) groups excluding carboxylic acids is 1. The van der Waals surface area contributed by atoms with Crippen molar-refractivity contribution in [2.75, 3.05) is 13.1 Å². The molecule has 1 aromatic heterocycles. The van der Waals surface area contributed by atoms with Crippen LogP contribution in [0.3, 0.4) is 0 Å². The van der Waals surface area contributed by atoms with Gasteiger partial charge >= 0.3 is 0 Å². The third-order valence-electron chi connectivity index (χ3n) is 2.69. The van der Waals surface area contributed by atoms with E-state index in [0.717, 1.165) is 27.1 Å². The van der Waals surface area contributed by atoms with E-state index in [0.29, 0.717) is 5.56 Å². The summed E-state index contributed by atoms with van der Waals surface area (Å²) >= 11 is 8.28. The van der Waals surface area contributed by atoms with Gasteiger partial charge < -0.3 is 10.6 Å². The van der Waals surface area contributed by atoms with E-state index >= 15 is 0 Å². The molecule has 16 heavy (non-hydrogen) atoms. The summed E-state index contributed by atoms with van der Waals surface area (Å²) in [7, 11) is 0. The van der Waals surface area contributed by atoms with E-state index < -0.39 is 0 Å². The quantitative estimate of drug-likeness (QED) is 0.843. The van der Waals surface area contributed by atoms with Crippen molar-refractivity contribution < 1.29 is 4.79 Å². The SMILES string of the molecule is CC1(NC(=O)c2cc(Br)sc2Br)CCNC1. The lowest BCUT2D eigenvalue weighted by atomic mass is 10.0. The van der Waals surface area contributed by atoms with Gasteiger partial charge in [-0.3, -0.25) is 4.79 Å². The molecular weight excluding hydrogens is 356 g/mol. The highest BCUT2D eigenvalue weighted by molar-refractivity contribution is 9.12. The number of halogens is 2. The minimum Gasteiger partial charge on any atom is -0.345 e. The van der Waals surface area contributed by atoms with Crippen molar-refractivity contribution in [3.8, 4) is 0 Å². The van der Waals surface area contributed by atoms with Gasteiger partial charge in [-0.05, 0) is 57.8 Å². The molecule has 1 saturated heterocycles. The number of hydrogen-bond acceptors (Lipinski definition) is 3.